The third-order valence-electron chi connectivity index (χ3n) is 4.67. The molecule has 132 valence electrons. The van der Waals surface area contributed by atoms with Crippen molar-refractivity contribution in [2.24, 2.45) is 5.92 Å². The zero-order valence-electron chi connectivity index (χ0n) is 15.1. The molecular weight excluding hydrogens is 300 g/mol. The first-order valence-corrected chi connectivity index (χ1v) is 9.14. The average molecular weight is 330 g/mol. The zero-order valence-corrected chi connectivity index (χ0v) is 15.1. The van der Waals surface area contributed by atoms with Gasteiger partial charge in [0, 0.05) is 25.6 Å². The highest BCUT2D eigenvalue weighted by atomic mass is 16.2. The van der Waals surface area contributed by atoms with Crippen LogP contribution in [0.1, 0.15) is 57.9 Å². The van der Waals surface area contributed by atoms with Crippen LogP contribution >= 0.6 is 0 Å². The topological polar surface area (TPSA) is 49.4 Å². The van der Waals surface area contributed by atoms with Gasteiger partial charge < -0.3 is 10.2 Å². The highest BCUT2D eigenvalue weighted by molar-refractivity contribution is 5.84. The van der Waals surface area contributed by atoms with E-state index in [1.54, 1.807) is 0 Å². The fraction of sp³-hybridized carbons (Fsp3) is 0.600. The Kier molecular flexibility index (Phi) is 6.83. The molecule has 1 heterocycles. The molecule has 0 aliphatic carbocycles. The van der Waals surface area contributed by atoms with Crippen LogP contribution in [0, 0.1) is 5.92 Å². The SMILES string of the molecule is CC[C@@H](C(=O)N1CCC(NC(=O)CC(C)C)CC1)c1ccccc1. The van der Waals surface area contributed by atoms with E-state index >= 15 is 0 Å². The van der Waals surface area contributed by atoms with E-state index in [1.165, 1.54) is 0 Å². The molecule has 0 unspecified atom stereocenters. The number of carbonyl (C=O) groups is 2. The molecule has 1 aliphatic heterocycles. The number of likely N-dealkylation sites (tertiary alicyclic amines) is 1. The summed E-state index contributed by atoms with van der Waals surface area (Å²) in [6.45, 7) is 7.63. The number of nitrogens with zero attached hydrogens (tertiary/aromatic N) is 1. The molecule has 0 saturated carbocycles. The van der Waals surface area contributed by atoms with Gasteiger partial charge in [0.2, 0.25) is 11.8 Å². The van der Waals surface area contributed by atoms with E-state index in [2.05, 4.69) is 26.1 Å². The fourth-order valence-corrected chi connectivity index (χ4v) is 3.36. The van der Waals surface area contributed by atoms with Crippen LogP contribution < -0.4 is 5.32 Å². The van der Waals surface area contributed by atoms with E-state index in [9.17, 15) is 9.59 Å². The molecule has 4 nitrogen and oxygen atoms in total. The van der Waals surface area contributed by atoms with Gasteiger partial charge in [0.1, 0.15) is 0 Å². The molecule has 2 rings (SSSR count). The van der Waals surface area contributed by atoms with Crippen molar-refractivity contribution in [3.63, 3.8) is 0 Å². The molecule has 1 N–H and O–H groups in total. The molecule has 1 fully saturated rings. The van der Waals surface area contributed by atoms with Crippen molar-refractivity contribution in [1.29, 1.82) is 0 Å². The molecule has 1 atom stereocenters. The smallest absolute Gasteiger partial charge is 0.230 e. The molecule has 0 spiro atoms. The third-order valence-corrected chi connectivity index (χ3v) is 4.67. The summed E-state index contributed by atoms with van der Waals surface area (Å²) in [7, 11) is 0. The van der Waals surface area contributed by atoms with E-state index in [0.717, 1.165) is 37.9 Å². The Morgan fingerprint density at radius 3 is 2.33 bits per heavy atom. The quantitative estimate of drug-likeness (QED) is 0.870. The van der Waals surface area contributed by atoms with Gasteiger partial charge >= 0.3 is 0 Å². The van der Waals surface area contributed by atoms with Crippen molar-refractivity contribution in [2.45, 2.75) is 58.4 Å². The van der Waals surface area contributed by atoms with Crippen LogP contribution in [0.5, 0.6) is 0 Å². The molecule has 24 heavy (non-hydrogen) atoms. The van der Waals surface area contributed by atoms with Crippen LogP contribution in [0.2, 0.25) is 0 Å². The van der Waals surface area contributed by atoms with E-state index in [-0.39, 0.29) is 23.8 Å². The number of benzene rings is 1. The standard InChI is InChI=1S/C20H30N2O2/c1-4-18(16-8-6-5-7-9-16)20(24)22-12-10-17(11-13-22)21-19(23)14-15(2)3/h5-9,15,17-18H,4,10-14H2,1-3H3,(H,21,23)/t18-/m1/s1. The first-order chi connectivity index (χ1) is 11.5. The normalized spacial score (nSPS) is 16.9. The van der Waals surface area contributed by atoms with Crippen molar-refractivity contribution in [3.05, 3.63) is 35.9 Å². The van der Waals surface area contributed by atoms with E-state index in [4.69, 9.17) is 0 Å². The number of hydrogen-bond donors (Lipinski definition) is 1. The van der Waals surface area contributed by atoms with Gasteiger partial charge in [-0.05, 0) is 30.7 Å². The molecule has 1 aromatic carbocycles. The number of carbonyl (C=O) groups excluding carboxylic acids is 2. The molecule has 0 bridgehead atoms. The second-order valence-corrected chi connectivity index (χ2v) is 7.14. The number of rotatable bonds is 6. The maximum Gasteiger partial charge on any atom is 0.230 e. The van der Waals surface area contributed by atoms with Crippen LogP contribution in [0.4, 0.5) is 0 Å². The van der Waals surface area contributed by atoms with Gasteiger partial charge in [-0.2, -0.15) is 0 Å². The Morgan fingerprint density at radius 2 is 1.79 bits per heavy atom. The first kappa shape index (κ1) is 18.5. The summed E-state index contributed by atoms with van der Waals surface area (Å²) in [5, 5.41) is 3.11. The predicted octanol–water partition coefficient (Wildman–Crippen LogP) is 3.33. The summed E-state index contributed by atoms with van der Waals surface area (Å²) in [6.07, 6.45) is 3.08. The lowest BCUT2D eigenvalue weighted by Gasteiger charge is -2.34. The lowest BCUT2D eigenvalue weighted by molar-refractivity contribution is -0.134. The molecular formula is C20H30N2O2. The van der Waals surface area contributed by atoms with E-state index < -0.39 is 0 Å². The Hall–Kier alpha value is -1.84. The van der Waals surface area contributed by atoms with Crippen molar-refractivity contribution in [1.82, 2.24) is 10.2 Å². The van der Waals surface area contributed by atoms with Gasteiger partial charge in [-0.1, -0.05) is 51.1 Å². The molecule has 1 aromatic rings. The zero-order chi connectivity index (χ0) is 17.5. The van der Waals surface area contributed by atoms with Crippen LogP contribution in [-0.4, -0.2) is 35.8 Å². The molecule has 1 saturated heterocycles. The minimum absolute atomic E-state index is 0.0571. The van der Waals surface area contributed by atoms with Crippen molar-refractivity contribution < 1.29 is 9.59 Å². The van der Waals surface area contributed by atoms with Crippen molar-refractivity contribution >= 4 is 11.8 Å². The maximum atomic E-state index is 12.8. The summed E-state index contributed by atoms with van der Waals surface area (Å²) in [4.78, 5) is 26.7. The predicted molar refractivity (Wildman–Crippen MR) is 96.7 cm³/mol. The second-order valence-electron chi connectivity index (χ2n) is 7.14. The van der Waals surface area contributed by atoms with Crippen LogP contribution in [0.25, 0.3) is 0 Å². The summed E-state index contributed by atoms with van der Waals surface area (Å²) in [5.41, 5.74) is 1.09. The lowest BCUT2D eigenvalue weighted by atomic mass is 9.93. The average Bonchev–Trinajstić information content (AvgIpc) is 2.56. The van der Waals surface area contributed by atoms with Crippen LogP contribution in [-0.2, 0) is 9.59 Å². The Bertz CT molecular complexity index is 534. The highest BCUT2D eigenvalue weighted by Gasteiger charge is 2.28. The van der Waals surface area contributed by atoms with Crippen molar-refractivity contribution in [2.75, 3.05) is 13.1 Å². The fourth-order valence-electron chi connectivity index (χ4n) is 3.36. The monoisotopic (exact) mass is 330 g/mol. The summed E-state index contributed by atoms with van der Waals surface area (Å²) >= 11 is 0. The summed E-state index contributed by atoms with van der Waals surface area (Å²) in [6, 6.07) is 10.2. The van der Waals surface area contributed by atoms with Crippen LogP contribution in [0.3, 0.4) is 0 Å². The number of hydrogen-bond acceptors (Lipinski definition) is 2. The van der Waals surface area contributed by atoms with Gasteiger partial charge in [-0.15, -0.1) is 0 Å². The molecule has 2 amide bonds. The van der Waals surface area contributed by atoms with Gasteiger partial charge in [-0.25, -0.2) is 0 Å². The first-order valence-electron chi connectivity index (χ1n) is 9.14. The Balaban J connectivity index is 1.87. The minimum Gasteiger partial charge on any atom is -0.353 e. The van der Waals surface area contributed by atoms with Gasteiger partial charge in [-0.3, -0.25) is 9.59 Å². The van der Waals surface area contributed by atoms with Crippen molar-refractivity contribution in [3.8, 4) is 0 Å². The molecule has 0 aromatic heterocycles. The minimum atomic E-state index is -0.0571. The maximum absolute atomic E-state index is 12.8. The second kappa shape index (κ2) is 8.86. The van der Waals surface area contributed by atoms with E-state index in [0.29, 0.717) is 12.3 Å². The molecule has 4 heteroatoms. The summed E-state index contributed by atoms with van der Waals surface area (Å²) in [5.74, 6) is 0.669. The summed E-state index contributed by atoms with van der Waals surface area (Å²) < 4.78 is 0. The Morgan fingerprint density at radius 1 is 1.17 bits per heavy atom. The molecule has 1 aliphatic rings. The van der Waals surface area contributed by atoms with Gasteiger partial charge in [0.05, 0.1) is 5.92 Å². The van der Waals surface area contributed by atoms with E-state index in [1.807, 2.05) is 35.2 Å². The lowest BCUT2D eigenvalue weighted by Crippen LogP contribution is -2.47. The number of amides is 2. The third kappa shape index (κ3) is 5.08. The highest BCUT2D eigenvalue weighted by Crippen LogP contribution is 2.24. The van der Waals surface area contributed by atoms with Crippen LogP contribution in [0.15, 0.2) is 30.3 Å². The molecule has 0 radical (unpaired) electrons. The largest absolute Gasteiger partial charge is 0.353 e. The Labute approximate surface area is 145 Å². The number of nitrogens with one attached hydrogen (secondary N) is 1. The van der Waals surface area contributed by atoms with Gasteiger partial charge in [0.15, 0.2) is 0 Å². The number of piperidine rings is 1. The van der Waals surface area contributed by atoms with Gasteiger partial charge in [0.25, 0.3) is 0 Å².